The highest BCUT2D eigenvalue weighted by Gasteiger charge is 2.11. The van der Waals surface area contributed by atoms with E-state index in [2.05, 4.69) is 29.9 Å². The Balaban J connectivity index is 2.22. The largest absolute Gasteiger partial charge is 0.496 e. The third kappa shape index (κ3) is 2.30. The number of aromatic amines is 2. The second-order valence-corrected chi connectivity index (χ2v) is 5.84. The molecule has 2 aromatic heterocycles. The van der Waals surface area contributed by atoms with Crippen molar-refractivity contribution < 1.29 is 4.74 Å². The molecular weight excluding hydrogens is 276 g/mol. The lowest BCUT2D eigenvalue weighted by Gasteiger charge is -2.09. The fourth-order valence-electron chi connectivity index (χ4n) is 2.71. The van der Waals surface area contributed by atoms with Crippen molar-refractivity contribution in [2.24, 2.45) is 0 Å². The smallest absolute Gasteiger partial charge is 0.190 e. The first-order valence-electron chi connectivity index (χ1n) is 7.41. The topological polar surface area (TPSA) is 57.9 Å². The first-order chi connectivity index (χ1) is 10.5. The quantitative estimate of drug-likeness (QED) is 0.768. The van der Waals surface area contributed by atoms with Gasteiger partial charge in [0.15, 0.2) is 5.43 Å². The van der Waals surface area contributed by atoms with Crippen LogP contribution in [0.1, 0.15) is 31.0 Å². The van der Waals surface area contributed by atoms with Crippen molar-refractivity contribution in [3.05, 3.63) is 51.8 Å². The van der Waals surface area contributed by atoms with Gasteiger partial charge in [0.05, 0.1) is 24.0 Å². The molecule has 0 bridgehead atoms. The van der Waals surface area contributed by atoms with Crippen LogP contribution >= 0.6 is 0 Å². The molecule has 0 saturated carbocycles. The minimum atomic E-state index is 0.00944. The molecule has 2 heterocycles. The number of rotatable bonds is 3. The SMILES string of the molecule is COc1ccc2c(=O)cc(-c3ccc(C(C)C)[nH]3)[nH]c2c1C. The summed E-state index contributed by atoms with van der Waals surface area (Å²) in [4.78, 5) is 19.1. The first kappa shape index (κ1) is 14.4. The van der Waals surface area contributed by atoms with E-state index >= 15 is 0 Å². The third-order valence-electron chi connectivity index (χ3n) is 4.06. The third-order valence-corrected chi connectivity index (χ3v) is 4.06. The van der Waals surface area contributed by atoms with Crippen LogP contribution in [0.4, 0.5) is 0 Å². The summed E-state index contributed by atoms with van der Waals surface area (Å²) in [6, 6.07) is 9.34. The molecule has 0 unspecified atom stereocenters. The predicted octanol–water partition coefficient (Wildman–Crippen LogP) is 3.96. The minimum Gasteiger partial charge on any atom is -0.496 e. The molecule has 0 aliphatic heterocycles. The molecule has 1 aromatic carbocycles. The second-order valence-electron chi connectivity index (χ2n) is 5.84. The van der Waals surface area contributed by atoms with Crippen molar-refractivity contribution >= 4 is 10.9 Å². The molecular formula is C18H20N2O2. The monoisotopic (exact) mass is 296 g/mol. The maximum atomic E-state index is 12.4. The van der Waals surface area contributed by atoms with E-state index in [-0.39, 0.29) is 5.43 Å². The molecule has 4 nitrogen and oxygen atoms in total. The number of nitrogens with one attached hydrogen (secondary N) is 2. The summed E-state index contributed by atoms with van der Waals surface area (Å²) in [5, 5.41) is 0.678. The number of fused-ring (bicyclic) bond motifs is 1. The zero-order valence-electron chi connectivity index (χ0n) is 13.3. The fraction of sp³-hybridized carbons (Fsp3) is 0.278. The number of hydrogen-bond acceptors (Lipinski definition) is 2. The van der Waals surface area contributed by atoms with Crippen molar-refractivity contribution in [3.8, 4) is 17.1 Å². The van der Waals surface area contributed by atoms with Gasteiger partial charge in [-0.05, 0) is 37.1 Å². The first-order valence-corrected chi connectivity index (χ1v) is 7.41. The van der Waals surface area contributed by atoms with E-state index in [1.165, 1.54) is 0 Å². The van der Waals surface area contributed by atoms with Crippen molar-refractivity contribution in [1.29, 1.82) is 0 Å². The zero-order valence-corrected chi connectivity index (χ0v) is 13.3. The molecule has 0 amide bonds. The number of ether oxygens (including phenoxy) is 1. The predicted molar refractivity (Wildman–Crippen MR) is 89.7 cm³/mol. The summed E-state index contributed by atoms with van der Waals surface area (Å²) in [5.74, 6) is 1.19. The highest BCUT2D eigenvalue weighted by atomic mass is 16.5. The van der Waals surface area contributed by atoms with Crippen molar-refractivity contribution in [3.63, 3.8) is 0 Å². The number of benzene rings is 1. The molecule has 2 N–H and O–H groups in total. The molecule has 0 saturated heterocycles. The maximum Gasteiger partial charge on any atom is 0.190 e. The lowest BCUT2D eigenvalue weighted by Crippen LogP contribution is -2.05. The molecule has 4 heteroatoms. The standard InChI is InChI=1S/C18H20N2O2/c1-10(2)13-6-7-14(19-13)15-9-16(21)12-5-8-17(22-4)11(3)18(12)20-15/h5-10,19H,1-4H3,(H,20,21). The summed E-state index contributed by atoms with van der Waals surface area (Å²) in [5.41, 5.74) is 4.64. The van der Waals surface area contributed by atoms with Gasteiger partial charge in [0.25, 0.3) is 0 Å². The van der Waals surface area contributed by atoms with Crippen LogP contribution in [0.5, 0.6) is 5.75 Å². The molecule has 0 atom stereocenters. The van der Waals surface area contributed by atoms with E-state index in [0.29, 0.717) is 11.3 Å². The van der Waals surface area contributed by atoms with Gasteiger partial charge in [-0.3, -0.25) is 4.79 Å². The summed E-state index contributed by atoms with van der Waals surface area (Å²) in [6.45, 7) is 6.22. The van der Waals surface area contributed by atoms with Gasteiger partial charge in [0.1, 0.15) is 5.75 Å². The fourth-order valence-corrected chi connectivity index (χ4v) is 2.71. The Morgan fingerprint density at radius 3 is 2.45 bits per heavy atom. The Morgan fingerprint density at radius 1 is 1.05 bits per heavy atom. The number of pyridine rings is 1. The summed E-state index contributed by atoms with van der Waals surface area (Å²) >= 11 is 0. The molecule has 0 radical (unpaired) electrons. The van der Waals surface area contributed by atoms with Gasteiger partial charge >= 0.3 is 0 Å². The van der Waals surface area contributed by atoms with Crippen molar-refractivity contribution in [2.45, 2.75) is 26.7 Å². The summed E-state index contributed by atoms with van der Waals surface area (Å²) in [7, 11) is 1.63. The number of hydrogen-bond donors (Lipinski definition) is 2. The number of H-pyrrole nitrogens is 2. The summed E-state index contributed by atoms with van der Waals surface area (Å²) < 4.78 is 5.34. The Labute approximate surface area is 129 Å². The Bertz CT molecular complexity index is 888. The van der Waals surface area contributed by atoms with Gasteiger partial charge in [0.2, 0.25) is 0 Å². The molecule has 0 aliphatic carbocycles. The van der Waals surface area contributed by atoms with Crippen molar-refractivity contribution in [1.82, 2.24) is 9.97 Å². The van der Waals surface area contributed by atoms with Crippen LogP contribution in [0.2, 0.25) is 0 Å². The Kier molecular flexibility index (Phi) is 3.53. The Hall–Kier alpha value is -2.49. The van der Waals surface area contributed by atoms with E-state index in [0.717, 1.165) is 33.9 Å². The minimum absolute atomic E-state index is 0.00944. The van der Waals surface area contributed by atoms with Crippen molar-refractivity contribution in [2.75, 3.05) is 7.11 Å². The van der Waals surface area contributed by atoms with Crippen LogP contribution in [-0.4, -0.2) is 17.1 Å². The second kappa shape index (κ2) is 5.37. The molecule has 0 spiro atoms. The number of aryl methyl sites for hydroxylation is 1. The van der Waals surface area contributed by atoms with Crippen LogP contribution < -0.4 is 10.2 Å². The van der Waals surface area contributed by atoms with Gasteiger partial charge in [-0.2, -0.15) is 0 Å². The van der Waals surface area contributed by atoms with Gasteiger partial charge in [0, 0.05) is 22.7 Å². The molecule has 114 valence electrons. The van der Waals surface area contributed by atoms with Crippen LogP contribution in [0.25, 0.3) is 22.3 Å². The highest BCUT2D eigenvalue weighted by molar-refractivity contribution is 5.85. The maximum absolute atomic E-state index is 12.4. The molecule has 0 fully saturated rings. The van der Waals surface area contributed by atoms with Crippen LogP contribution in [0.3, 0.4) is 0 Å². The van der Waals surface area contributed by atoms with E-state index in [4.69, 9.17) is 4.74 Å². The van der Waals surface area contributed by atoms with Gasteiger partial charge in [-0.25, -0.2) is 0 Å². The van der Waals surface area contributed by atoms with Crippen LogP contribution in [0.15, 0.2) is 35.1 Å². The lowest BCUT2D eigenvalue weighted by molar-refractivity contribution is 0.412. The average molecular weight is 296 g/mol. The summed E-state index contributed by atoms with van der Waals surface area (Å²) in [6.07, 6.45) is 0. The van der Waals surface area contributed by atoms with E-state index in [1.807, 2.05) is 19.1 Å². The normalized spacial score (nSPS) is 11.3. The van der Waals surface area contributed by atoms with E-state index < -0.39 is 0 Å². The number of methoxy groups -OCH3 is 1. The van der Waals surface area contributed by atoms with Crippen LogP contribution in [0, 0.1) is 6.92 Å². The van der Waals surface area contributed by atoms with E-state index in [9.17, 15) is 4.79 Å². The molecule has 3 rings (SSSR count). The molecule has 3 aromatic rings. The van der Waals surface area contributed by atoms with Crippen LogP contribution in [-0.2, 0) is 0 Å². The molecule has 0 aliphatic rings. The van der Waals surface area contributed by atoms with E-state index in [1.54, 1.807) is 19.2 Å². The Morgan fingerprint density at radius 2 is 1.82 bits per heavy atom. The van der Waals surface area contributed by atoms with Gasteiger partial charge in [-0.1, -0.05) is 13.8 Å². The van der Waals surface area contributed by atoms with Gasteiger partial charge in [-0.15, -0.1) is 0 Å². The number of aromatic nitrogens is 2. The zero-order chi connectivity index (χ0) is 15.9. The van der Waals surface area contributed by atoms with Gasteiger partial charge < -0.3 is 14.7 Å². The lowest BCUT2D eigenvalue weighted by atomic mass is 10.1. The highest BCUT2D eigenvalue weighted by Crippen LogP contribution is 2.26. The molecule has 22 heavy (non-hydrogen) atoms. The average Bonchev–Trinajstić information content (AvgIpc) is 2.98.